The lowest BCUT2D eigenvalue weighted by atomic mass is 9.96. The van der Waals surface area contributed by atoms with Gasteiger partial charge in [-0.1, -0.05) is 0 Å². The Morgan fingerprint density at radius 1 is 1.29 bits per heavy atom. The van der Waals surface area contributed by atoms with Crippen molar-refractivity contribution in [2.75, 3.05) is 33.7 Å². The number of aromatic nitrogens is 2. The third-order valence-electron chi connectivity index (χ3n) is 5.08. The number of likely N-dealkylation sites (N-methyl/N-ethyl adjacent to an activating group) is 1. The van der Waals surface area contributed by atoms with E-state index in [1.54, 1.807) is 0 Å². The van der Waals surface area contributed by atoms with Crippen LogP contribution >= 0.6 is 0 Å². The largest absolute Gasteiger partial charge is 0.491 e. The topological polar surface area (TPSA) is 50.6 Å². The van der Waals surface area contributed by atoms with Crippen LogP contribution in [0.15, 0.2) is 36.7 Å². The lowest BCUT2D eigenvalue weighted by Crippen LogP contribution is -2.39. The molecule has 6 heteroatoms. The second-order valence-electron chi connectivity index (χ2n) is 8.06. The van der Waals surface area contributed by atoms with E-state index >= 15 is 0 Å². The van der Waals surface area contributed by atoms with Gasteiger partial charge in [0.15, 0.2) is 0 Å². The summed E-state index contributed by atoms with van der Waals surface area (Å²) >= 11 is 0. The Bertz CT molecular complexity index is 767. The van der Waals surface area contributed by atoms with Gasteiger partial charge in [-0.2, -0.15) is 0 Å². The van der Waals surface area contributed by atoms with Gasteiger partial charge in [0.1, 0.15) is 11.6 Å². The highest BCUT2D eigenvalue weighted by Gasteiger charge is 2.28. The summed E-state index contributed by atoms with van der Waals surface area (Å²) in [5, 5.41) is 0. The van der Waals surface area contributed by atoms with Crippen LogP contribution in [0.2, 0.25) is 0 Å². The van der Waals surface area contributed by atoms with Crippen LogP contribution < -0.4 is 4.74 Å². The van der Waals surface area contributed by atoms with Gasteiger partial charge in [0, 0.05) is 50.1 Å². The molecule has 1 aliphatic rings. The number of carbonyl (C=O) groups excluding carboxylic acids is 1. The molecule has 1 unspecified atom stereocenters. The second kappa shape index (κ2) is 9.24. The fourth-order valence-corrected chi connectivity index (χ4v) is 3.68. The minimum absolute atomic E-state index is 0.0900. The summed E-state index contributed by atoms with van der Waals surface area (Å²) in [4.78, 5) is 21.8. The highest BCUT2D eigenvalue weighted by atomic mass is 16.5. The molecule has 2 aromatic rings. The van der Waals surface area contributed by atoms with Gasteiger partial charge in [0.05, 0.1) is 6.10 Å². The van der Waals surface area contributed by atoms with Gasteiger partial charge >= 0.3 is 0 Å². The maximum absolute atomic E-state index is 13.0. The molecule has 1 amide bonds. The van der Waals surface area contributed by atoms with Crippen molar-refractivity contribution in [2.24, 2.45) is 0 Å². The number of amides is 1. The Hall–Kier alpha value is -2.34. The maximum Gasteiger partial charge on any atom is 0.253 e. The Kier molecular flexibility index (Phi) is 6.73. The first-order valence-corrected chi connectivity index (χ1v) is 10.2. The average Bonchev–Trinajstić information content (AvgIpc) is 3.15. The first-order chi connectivity index (χ1) is 13.4. The van der Waals surface area contributed by atoms with Gasteiger partial charge in [-0.05, 0) is 65.0 Å². The Morgan fingerprint density at radius 3 is 2.71 bits per heavy atom. The molecule has 0 saturated carbocycles. The predicted molar refractivity (Wildman–Crippen MR) is 111 cm³/mol. The molecule has 1 aromatic carbocycles. The summed E-state index contributed by atoms with van der Waals surface area (Å²) in [7, 11) is 4.16. The number of hydrogen-bond acceptors (Lipinski definition) is 4. The molecule has 0 aliphatic carbocycles. The second-order valence-corrected chi connectivity index (χ2v) is 8.06. The van der Waals surface area contributed by atoms with E-state index in [1.165, 1.54) is 0 Å². The summed E-state index contributed by atoms with van der Waals surface area (Å²) in [6.45, 7) is 7.42. The molecule has 0 bridgehead atoms. The van der Waals surface area contributed by atoms with Crippen molar-refractivity contribution in [3.8, 4) is 5.75 Å². The van der Waals surface area contributed by atoms with E-state index in [9.17, 15) is 4.79 Å². The molecule has 6 nitrogen and oxygen atoms in total. The van der Waals surface area contributed by atoms with Gasteiger partial charge in [-0.25, -0.2) is 4.98 Å². The van der Waals surface area contributed by atoms with Gasteiger partial charge in [0.25, 0.3) is 5.91 Å². The fraction of sp³-hybridized carbons (Fsp3) is 0.545. The number of ether oxygens (including phenoxy) is 1. The molecule has 1 fully saturated rings. The van der Waals surface area contributed by atoms with E-state index in [-0.39, 0.29) is 12.0 Å². The van der Waals surface area contributed by atoms with Crippen LogP contribution in [0.5, 0.6) is 5.75 Å². The number of rotatable bonds is 7. The summed E-state index contributed by atoms with van der Waals surface area (Å²) in [6, 6.07) is 7.48. The third-order valence-corrected chi connectivity index (χ3v) is 5.08. The van der Waals surface area contributed by atoms with Crippen molar-refractivity contribution >= 4 is 5.91 Å². The molecule has 2 heterocycles. The highest BCUT2D eigenvalue weighted by molar-refractivity contribution is 5.94. The van der Waals surface area contributed by atoms with Crippen LogP contribution in [0.25, 0.3) is 0 Å². The van der Waals surface area contributed by atoms with E-state index in [1.807, 2.05) is 55.4 Å². The number of benzene rings is 1. The first-order valence-electron chi connectivity index (χ1n) is 10.2. The molecule has 1 saturated heterocycles. The number of imidazole rings is 1. The molecule has 1 atom stereocenters. The zero-order valence-electron chi connectivity index (χ0n) is 17.5. The van der Waals surface area contributed by atoms with E-state index in [4.69, 9.17) is 4.74 Å². The zero-order chi connectivity index (χ0) is 20.1. The summed E-state index contributed by atoms with van der Waals surface area (Å²) in [5.41, 5.74) is 0.715. The van der Waals surface area contributed by atoms with Crippen LogP contribution in [0.3, 0.4) is 0 Å². The summed E-state index contributed by atoms with van der Waals surface area (Å²) in [5.74, 6) is 2.27. The van der Waals surface area contributed by atoms with Gasteiger partial charge < -0.3 is 19.1 Å². The molecule has 28 heavy (non-hydrogen) atoms. The molecule has 0 spiro atoms. The monoisotopic (exact) mass is 384 g/mol. The third kappa shape index (κ3) is 5.13. The van der Waals surface area contributed by atoms with E-state index in [2.05, 4.69) is 28.5 Å². The smallest absolute Gasteiger partial charge is 0.253 e. The predicted octanol–water partition coefficient (Wildman–Crippen LogP) is 3.25. The number of hydrogen-bond donors (Lipinski definition) is 0. The Morgan fingerprint density at radius 2 is 2.04 bits per heavy atom. The van der Waals surface area contributed by atoms with E-state index < -0.39 is 0 Å². The van der Waals surface area contributed by atoms with Crippen molar-refractivity contribution in [2.45, 2.75) is 45.3 Å². The summed E-state index contributed by atoms with van der Waals surface area (Å²) < 4.78 is 7.91. The number of piperidine rings is 1. The minimum Gasteiger partial charge on any atom is -0.491 e. The lowest BCUT2D eigenvalue weighted by molar-refractivity contribution is 0.0703. The van der Waals surface area contributed by atoms with Gasteiger partial charge in [-0.15, -0.1) is 0 Å². The molecular weight excluding hydrogens is 352 g/mol. The molecule has 0 N–H and O–H groups in total. The molecule has 1 aromatic heterocycles. The van der Waals surface area contributed by atoms with Crippen molar-refractivity contribution < 1.29 is 9.53 Å². The quantitative estimate of drug-likeness (QED) is 0.735. The highest BCUT2D eigenvalue weighted by Crippen LogP contribution is 2.27. The van der Waals surface area contributed by atoms with Crippen LogP contribution in [0.1, 0.15) is 48.8 Å². The number of nitrogens with zero attached hydrogens (tertiary/aromatic N) is 4. The van der Waals surface area contributed by atoms with Gasteiger partial charge in [-0.3, -0.25) is 4.79 Å². The molecule has 3 rings (SSSR count). The fourth-order valence-electron chi connectivity index (χ4n) is 3.68. The average molecular weight is 385 g/mol. The van der Waals surface area contributed by atoms with Crippen LogP contribution in [0, 0.1) is 0 Å². The number of likely N-dealkylation sites (tertiary alicyclic amines) is 1. The first kappa shape index (κ1) is 20.4. The van der Waals surface area contributed by atoms with Crippen molar-refractivity contribution in [1.29, 1.82) is 0 Å². The van der Waals surface area contributed by atoms with Crippen LogP contribution in [-0.4, -0.2) is 65.1 Å². The molecule has 1 aliphatic heterocycles. The normalized spacial score (nSPS) is 17.4. The van der Waals surface area contributed by atoms with Crippen molar-refractivity contribution in [3.63, 3.8) is 0 Å². The Balaban J connectivity index is 1.66. The SMILES string of the molecule is CC(C)Oc1ccc(C(=O)N2CCCC(c3nccn3CCN(C)C)C2)cc1. The van der Waals surface area contributed by atoms with Gasteiger partial charge in [0.2, 0.25) is 0 Å². The summed E-state index contributed by atoms with van der Waals surface area (Å²) in [6.07, 6.45) is 6.13. The molecule has 152 valence electrons. The number of carbonyl (C=O) groups is 1. The maximum atomic E-state index is 13.0. The van der Waals surface area contributed by atoms with E-state index in [0.717, 1.165) is 50.6 Å². The minimum atomic E-state index is 0.0900. The molecule has 0 radical (unpaired) electrons. The van der Waals surface area contributed by atoms with Crippen molar-refractivity contribution in [1.82, 2.24) is 19.4 Å². The molecular formula is C22H32N4O2. The van der Waals surface area contributed by atoms with Crippen LogP contribution in [-0.2, 0) is 6.54 Å². The lowest BCUT2D eigenvalue weighted by Gasteiger charge is -2.33. The van der Waals surface area contributed by atoms with Crippen molar-refractivity contribution in [3.05, 3.63) is 48.0 Å². The van der Waals surface area contributed by atoms with E-state index in [0.29, 0.717) is 11.5 Å². The zero-order valence-corrected chi connectivity index (χ0v) is 17.5. The van der Waals surface area contributed by atoms with Crippen LogP contribution in [0.4, 0.5) is 0 Å². The Labute approximate surface area is 168 Å². The standard InChI is InChI=1S/C22H32N4O2/c1-17(2)28-20-9-7-18(8-10-20)22(27)26-12-5-6-19(16-26)21-23-11-13-25(21)15-14-24(3)4/h7-11,13,17,19H,5-6,12,14-16H2,1-4H3.